The van der Waals surface area contributed by atoms with Gasteiger partial charge in [-0.3, -0.25) is 9.59 Å². The number of aromatic nitrogens is 1. The average molecular weight is 406 g/mol. The van der Waals surface area contributed by atoms with E-state index >= 15 is 0 Å². The van der Waals surface area contributed by atoms with Crippen molar-refractivity contribution in [1.29, 1.82) is 0 Å². The molecule has 0 radical (unpaired) electrons. The van der Waals surface area contributed by atoms with Crippen LogP contribution in [0.4, 0.5) is 5.00 Å². The lowest BCUT2D eigenvalue weighted by Crippen LogP contribution is -2.18. The standard InChI is InChI=1S/C18H16ClN3O2S2/c1-9-10(2)26-18(15(9)16(20)24)22-14(23)7-11-8-25-17(21-11)12-5-3-4-6-13(12)19/h3-6,8H,7H2,1-2H3,(H2,20,24)(H,22,23). The Kier molecular flexibility index (Phi) is 5.41. The molecule has 0 aliphatic carbocycles. The maximum Gasteiger partial charge on any atom is 0.251 e. The molecule has 3 aromatic rings. The first-order valence-electron chi connectivity index (χ1n) is 7.75. The molecule has 5 nitrogen and oxygen atoms in total. The summed E-state index contributed by atoms with van der Waals surface area (Å²) in [4.78, 5) is 29.5. The van der Waals surface area contributed by atoms with Crippen LogP contribution in [0.3, 0.4) is 0 Å². The minimum absolute atomic E-state index is 0.106. The number of halogens is 1. The minimum atomic E-state index is -0.545. The van der Waals surface area contributed by atoms with Gasteiger partial charge in [0.2, 0.25) is 5.91 Å². The maximum absolute atomic E-state index is 12.4. The van der Waals surface area contributed by atoms with Crippen molar-refractivity contribution >= 4 is 51.1 Å². The highest BCUT2D eigenvalue weighted by Gasteiger charge is 2.19. The van der Waals surface area contributed by atoms with Gasteiger partial charge in [0.25, 0.3) is 5.91 Å². The van der Waals surface area contributed by atoms with E-state index < -0.39 is 5.91 Å². The molecule has 0 fully saturated rings. The molecule has 26 heavy (non-hydrogen) atoms. The van der Waals surface area contributed by atoms with Gasteiger partial charge in [0.05, 0.1) is 22.7 Å². The van der Waals surface area contributed by atoms with Crippen molar-refractivity contribution in [3.63, 3.8) is 0 Å². The SMILES string of the molecule is Cc1sc(NC(=O)Cc2csc(-c3ccccc3Cl)n2)c(C(N)=O)c1C. The average Bonchev–Trinajstić information content (AvgIpc) is 3.13. The molecule has 0 spiro atoms. The fourth-order valence-corrected chi connectivity index (χ4v) is 4.72. The van der Waals surface area contributed by atoms with Gasteiger partial charge in [-0.2, -0.15) is 0 Å². The molecule has 2 amide bonds. The Morgan fingerprint density at radius 1 is 1.27 bits per heavy atom. The number of primary amides is 1. The number of carbonyl (C=O) groups is 2. The van der Waals surface area contributed by atoms with E-state index in [-0.39, 0.29) is 12.3 Å². The summed E-state index contributed by atoms with van der Waals surface area (Å²) in [5, 5.41) is 6.48. The summed E-state index contributed by atoms with van der Waals surface area (Å²) in [6.07, 6.45) is 0.106. The van der Waals surface area contributed by atoms with E-state index in [0.717, 1.165) is 21.0 Å². The number of amides is 2. The van der Waals surface area contributed by atoms with Crippen LogP contribution < -0.4 is 11.1 Å². The highest BCUT2D eigenvalue weighted by molar-refractivity contribution is 7.16. The van der Waals surface area contributed by atoms with Gasteiger partial charge in [-0.1, -0.05) is 29.8 Å². The molecule has 134 valence electrons. The monoisotopic (exact) mass is 405 g/mol. The van der Waals surface area contributed by atoms with Crippen molar-refractivity contribution in [3.05, 3.63) is 56.4 Å². The van der Waals surface area contributed by atoms with E-state index in [0.29, 0.717) is 21.3 Å². The number of hydrogen-bond acceptors (Lipinski definition) is 5. The quantitative estimate of drug-likeness (QED) is 0.658. The van der Waals surface area contributed by atoms with E-state index in [1.165, 1.54) is 22.7 Å². The summed E-state index contributed by atoms with van der Waals surface area (Å²) >= 11 is 8.97. The lowest BCUT2D eigenvalue weighted by Gasteiger charge is -2.04. The molecule has 1 aromatic carbocycles. The number of nitrogens with two attached hydrogens (primary N) is 1. The number of carbonyl (C=O) groups excluding carboxylic acids is 2. The third-order valence-corrected chi connectivity index (χ3v) is 6.26. The van der Waals surface area contributed by atoms with Gasteiger partial charge in [-0.25, -0.2) is 4.98 Å². The second kappa shape index (κ2) is 7.57. The van der Waals surface area contributed by atoms with Crippen LogP contribution in [0.2, 0.25) is 5.02 Å². The molecule has 0 bridgehead atoms. The van der Waals surface area contributed by atoms with E-state index in [1.807, 2.05) is 37.4 Å². The minimum Gasteiger partial charge on any atom is -0.365 e. The number of nitrogens with zero attached hydrogens (tertiary/aromatic N) is 1. The number of nitrogens with one attached hydrogen (secondary N) is 1. The Morgan fingerprint density at radius 2 is 2.00 bits per heavy atom. The van der Waals surface area contributed by atoms with E-state index in [4.69, 9.17) is 17.3 Å². The first-order valence-corrected chi connectivity index (χ1v) is 9.83. The molecular formula is C18H16ClN3O2S2. The summed E-state index contributed by atoms with van der Waals surface area (Å²) in [5.74, 6) is -0.790. The summed E-state index contributed by atoms with van der Waals surface area (Å²) < 4.78 is 0. The zero-order chi connectivity index (χ0) is 18.8. The zero-order valence-corrected chi connectivity index (χ0v) is 16.5. The Labute approximate surface area is 163 Å². The van der Waals surface area contributed by atoms with Gasteiger partial charge in [-0.05, 0) is 25.5 Å². The number of thiophene rings is 1. The Balaban J connectivity index is 1.75. The Morgan fingerprint density at radius 3 is 2.69 bits per heavy atom. The fraction of sp³-hybridized carbons (Fsp3) is 0.167. The van der Waals surface area contributed by atoms with Gasteiger partial charge >= 0.3 is 0 Å². The summed E-state index contributed by atoms with van der Waals surface area (Å²) in [6, 6.07) is 7.44. The predicted octanol–water partition coefficient (Wildman–Crippen LogP) is 4.42. The number of anilines is 1. The Bertz CT molecular complexity index is 994. The first-order chi connectivity index (χ1) is 12.4. The van der Waals surface area contributed by atoms with Gasteiger partial charge in [0.1, 0.15) is 10.0 Å². The van der Waals surface area contributed by atoms with Gasteiger partial charge in [0.15, 0.2) is 0 Å². The maximum atomic E-state index is 12.4. The van der Waals surface area contributed by atoms with Crippen molar-refractivity contribution in [2.45, 2.75) is 20.3 Å². The predicted molar refractivity (Wildman–Crippen MR) is 107 cm³/mol. The third kappa shape index (κ3) is 3.80. The van der Waals surface area contributed by atoms with Crippen molar-refractivity contribution in [2.24, 2.45) is 5.73 Å². The van der Waals surface area contributed by atoms with Crippen molar-refractivity contribution in [2.75, 3.05) is 5.32 Å². The summed E-state index contributed by atoms with van der Waals surface area (Å²) in [5.41, 5.74) is 8.09. The molecule has 0 aliphatic rings. The molecule has 8 heteroatoms. The highest BCUT2D eigenvalue weighted by Crippen LogP contribution is 2.33. The fourth-order valence-electron chi connectivity index (χ4n) is 2.49. The summed E-state index contributed by atoms with van der Waals surface area (Å²) in [6.45, 7) is 3.70. The molecule has 3 N–H and O–H groups in total. The van der Waals surface area contributed by atoms with Gasteiger partial charge in [0, 0.05) is 15.8 Å². The second-order valence-corrected chi connectivity index (χ2v) is 8.19. The molecule has 0 saturated carbocycles. The zero-order valence-electron chi connectivity index (χ0n) is 14.1. The molecule has 2 heterocycles. The first kappa shape index (κ1) is 18.6. The molecule has 3 rings (SSSR count). The van der Waals surface area contributed by atoms with Crippen LogP contribution in [0.1, 0.15) is 26.5 Å². The van der Waals surface area contributed by atoms with Crippen molar-refractivity contribution in [1.82, 2.24) is 4.98 Å². The Hall–Kier alpha value is -2.22. The largest absolute Gasteiger partial charge is 0.365 e. The van der Waals surface area contributed by atoms with E-state index in [2.05, 4.69) is 10.3 Å². The van der Waals surface area contributed by atoms with Crippen LogP contribution in [0.15, 0.2) is 29.6 Å². The molecule has 0 atom stereocenters. The van der Waals surface area contributed by atoms with Crippen LogP contribution in [0, 0.1) is 13.8 Å². The third-order valence-electron chi connectivity index (χ3n) is 3.88. The number of aryl methyl sites for hydroxylation is 1. The van der Waals surface area contributed by atoms with Crippen LogP contribution in [-0.2, 0) is 11.2 Å². The summed E-state index contributed by atoms with van der Waals surface area (Å²) in [7, 11) is 0. The van der Waals surface area contributed by atoms with E-state index in [9.17, 15) is 9.59 Å². The molecule has 0 aliphatic heterocycles. The van der Waals surface area contributed by atoms with E-state index in [1.54, 1.807) is 6.07 Å². The van der Waals surface area contributed by atoms with Gasteiger partial charge in [-0.15, -0.1) is 22.7 Å². The number of thiazole rings is 1. The number of benzene rings is 1. The van der Waals surface area contributed by atoms with Crippen LogP contribution in [-0.4, -0.2) is 16.8 Å². The van der Waals surface area contributed by atoms with Crippen LogP contribution in [0.5, 0.6) is 0 Å². The molecule has 2 aromatic heterocycles. The normalized spacial score (nSPS) is 10.7. The number of hydrogen-bond donors (Lipinski definition) is 2. The van der Waals surface area contributed by atoms with Crippen LogP contribution in [0.25, 0.3) is 10.6 Å². The van der Waals surface area contributed by atoms with Crippen molar-refractivity contribution in [3.8, 4) is 10.6 Å². The second-order valence-electron chi connectivity index (χ2n) is 5.70. The smallest absolute Gasteiger partial charge is 0.251 e. The molecular weight excluding hydrogens is 390 g/mol. The molecule has 0 unspecified atom stereocenters. The topological polar surface area (TPSA) is 85.1 Å². The highest BCUT2D eigenvalue weighted by atomic mass is 35.5. The lowest BCUT2D eigenvalue weighted by molar-refractivity contribution is -0.115. The number of rotatable bonds is 5. The van der Waals surface area contributed by atoms with Crippen molar-refractivity contribution < 1.29 is 9.59 Å². The molecule has 0 saturated heterocycles. The lowest BCUT2D eigenvalue weighted by atomic mass is 10.1. The van der Waals surface area contributed by atoms with Crippen LogP contribution >= 0.6 is 34.3 Å². The van der Waals surface area contributed by atoms with Gasteiger partial charge < -0.3 is 11.1 Å².